The topological polar surface area (TPSA) is 43.1 Å². The van der Waals surface area contributed by atoms with Gasteiger partial charge in [-0.05, 0) is 37.9 Å². The molecule has 1 rings (SSSR count). The third kappa shape index (κ3) is 3.24. The fraction of sp³-hybridized carbons (Fsp3) is 0.455. The highest BCUT2D eigenvalue weighted by atomic mass is 32.2. The minimum atomic E-state index is -0.852. The van der Waals surface area contributed by atoms with Gasteiger partial charge in [0.2, 0.25) is 0 Å². The molecule has 0 bridgehead atoms. The second-order valence-electron chi connectivity index (χ2n) is 3.31. The summed E-state index contributed by atoms with van der Waals surface area (Å²) in [4.78, 5) is 0.963. The maximum absolute atomic E-state index is 11.8. The van der Waals surface area contributed by atoms with Gasteiger partial charge in [-0.3, -0.25) is 4.21 Å². The Labute approximate surface area is 88.0 Å². The van der Waals surface area contributed by atoms with Crippen LogP contribution in [0.3, 0.4) is 0 Å². The van der Waals surface area contributed by atoms with E-state index in [0.717, 1.165) is 29.1 Å². The van der Waals surface area contributed by atoms with Crippen molar-refractivity contribution in [1.29, 1.82) is 0 Å². The molecule has 0 saturated carbocycles. The van der Waals surface area contributed by atoms with Gasteiger partial charge >= 0.3 is 0 Å². The molecular weight excluding hydrogens is 194 g/mol. The molecule has 1 aromatic carbocycles. The molecule has 78 valence electrons. The van der Waals surface area contributed by atoms with Gasteiger partial charge in [0.05, 0.1) is 10.8 Å². The van der Waals surface area contributed by atoms with Gasteiger partial charge in [-0.2, -0.15) is 0 Å². The minimum absolute atomic E-state index is 0.685. The van der Waals surface area contributed by atoms with Crippen molar-refractivity contribution >= 4 is 10.8 Å². The number of hydrogen-bond acceptors (Lipinski definition) is 2. The normalized spacial score (nSPS) is 12.7. The van der Waals surface area contributed by atoms with Crippen LogP contribution in [0.2, 0.25) is 0 Å². The van der Waals surface area contributed by atoms with Crippen LogP contribution in [0.5, 0.6) is 0 Å². The van der Waals surface area contributed by atoms with Crippen molar-refractivity contribution in [1.82, 2.24) is 0 Å². The van der Waals surface area contributed by atoms with Gasteiger partial charge in [0.15, 0.2) is 0 Å². The van der Waals surface area contributed by atoms with Crippen LogP contribution in [0.1, 0.15) is 18.4 Å². The van der Waals surface area contributed by atoms with Crippen LogP contribution in [-0.2, 0) is 10.8 Å². The van der Waals surface area contributed by atoms with Crippen molar-refractivity contribution in [3.05, 3.63) is 29.8 Å². The molecule has 0 fully saturated rings. The van der Waals surface area contributed by atoms with Gasteiger partial charge in [-0.1, -0.05) is 18.2 Å². The summed E-state index contributed by atoms with van der Waals surface area (Å²) in [7, 11) is -0.852. The summed E-state index contributed by atoms with van der Waals surface area (Å²) in [5, 5.41) is 0. The van der Waals surface area contributed by atoms with Crippen LogP contribution in [0.4, 0.5) is 0 Å². The van der Waals surface area contributed by atoms with Crippen LogP contribution in [0, 0.1) is 6.92 Å². The number of benzene rings is 1. The Bertz CT molecular complexity index is 312. The average Bonchev–Trinajstić information content (AvgIpc) is 2.18. The zero-order valence-corrected chi connectivity index (χ0v) is 9.35. The van der Waals surface area contributed by atoms with E-state index in [4.69, 9.17) is 5.73 Å². The fourth-order valence-corrected chi connectivity index (χ4v) is 2.64. The summed E-state index contributed by atoms with van der Waals surface area (Å²) >= 11 is 0. The Morgan fingerprint density at radius 3 is 2.64 bits per heavy atom. The lowest BCUT2D eigenvalue weighted by Gasteiger charge is -2.04. The summed E-state index contributed by atoms with van der Waals surface area (Å²) < 4.78 is 11.8. The van der Waals surface area contributed by atoms with E-state index in [2.05, 4.69) is 0 Å². The minimum Gasteiger partial charge on any atom is -0.330 e. The van der Waals surface area contributed by atoms with Crippen molar-refractivity contribution in [3.63, 3.8) is 0 Å². The van der Waals surface area contributed by atoms with E-state index < -0.39 is 10.8 Å². The van der Waals surface area contributed by atoms with Crippen molar-refractivity contribution in [3.8, 4) is 0 Å². The molecule has 0 radical (unpaired) electrons. The molecule has 0 heterocycles. The van der Waals surface area contributed by atoms with Gasteiger partial charge in [-0.25, -0.2) is 0 Å². The Balaban J connectivity index is 2.56. The van der Waals surface area contributed by atoms with E-state index >= 15 is 0 Å². The largest absolute Gasteiger partial charge is 0.330 e. The van der Waals surface area contributed by atoms with E-state index in [1.165, 1.54) is 0 Å². The maximum Gasteiger partial charge on any atom is 0.0532 e. The van der Waals surface area contributed by atoms with Crippen molar-refractivity contribution in [2.45, 2.75) is 24.7 Å². The van der Waals surface area contributed by atoms with Gasteiger partial charge in [0, 0.05) is 10.6 Å². The lowest BCUT2D eigenvalue weighted by Crippen LogP contribution is -2.04. The first-order valence-electron chi connectivity index (χ1n) is 4.90. The summed E-state index contributed by atoms with van der Waals surface area (Å²) in [5.74, 6) is 0.724. The van der Waals surface area contributed by atoms with Crippen molar-refractivity contribution in [2.24, 2.45) is 5.73 Å². The number of nitrogens with two attached hydrogens (primary N) is 1. The Morgan fingerprint density at radius 1 is 1.29 bits per heavy atom. The summed E-state index contributed by atoms with van der Waals surface area (Å²) in [6, 6.07) is 7.84. The maximum atomic E-state index is 11.8. The van der Waals surface area contributed by atoms with Gasteiger partial charge in [0.1, 0.15) is 0 Å². The lowest BCUT2D eigenvalue weighted by molar-refractivity contribution is 0.677. The summed E-state index contributed by atoms with van der Waals surface area (Å²) in [6.45, 7) is 2.68. The highest BCUT2D eigenvalue weighted by Gasteiger charge is 2.05. The monoisotopic (exact) mass is 211 g/mol. The molecule has 1 aromatic rings. The molecule has 0 aliphatic heterocycles. The predicted octanol–water partition coefficient (Wildman–Crippen LogP) is 1.84. The van der Waals surface area contributed by atoms with Gasteiger partial charge in [-0.15, -0.1) is 0 Å². The highest BCUT2D eigenvalue weighted by molar-refractivity contribution is 7.85. The molecule has 0 aromatic heterocycles. The Kier molecular flexibility index (Phi) is 4.84. The summed E-state index contributed by atoms with van der Waals surface area (Å²) in [6.07, 6.45) is 1.90. The standard InChI is InChI=1S/C11H17NOS/c1-10-6-2-3-7-11(10)14(13)9-5-4-8-12/h2-3,6-7H,4-5,8-9,12H2,1H3. The summed E-state index contributed by atoms with van der Waals surface area (Å²) in [5.41, 5.74) is 6.49. The SMILES string of the molecule is Cc1ccccc1S(=O)CCCCN. The van der Waals surface area contributed by atoms with E-state index in [9.17, 15) is 4.21 Å². The first-order chi connectivity index (χ1) is 6.75. The van der Waals surface area contributed by atoms with Crippen LogP contribution < -0.4 is 5.73 Å². The van der Waals surface area contributed by atoms with Crippen LogP contribution >= 0.6 is 0 Å². The quantitative estimate of drug-likeness (QED) is 0.755. The molecule has 0 aliphatic rings. The average molecular weight is 211 g/mol. The van der Waals surface area contributed by atoms with E-state index in [1.54, 1.807) is 0 Å². The molecule has 0 spiro atoms. The molecule has 0 aliphatic carbocycles. The molecule has 3 heteroatoms. The molecule has 0 amide bonds. The molecule has 0 saturated heterocycles. The predicted molar refractivity (Wildman–Crippen MR) is 60.7 cm³/mol. The third-order valence-electron chi connectivity index (χ3n) is 2.12. The van der Waals surface area contributed by atoms with Crippen LogP contribution in [-0.4, -0.2) is 16.5 Å². The number of unbranched alkanes of at least 4 members (excludes halogenated alkanes) is 1. The third-order valence-corrected chi connectivity index (χ3v) is 3.73. The number of hydrogen-bond donors (Lipinski definition) is 1. The smallest absolute Gasteiger partial charge is 0.0532 e. The van der Waals surface area contributed by atoms with E-state index in [0.29, 0.717) is 6.54 Å². The molecule has 2 nitrogen and oxygen atoms in total. The first-order valence-corrected chi connectivity index (χ1v) is 6.21. The Morgan fingerprint density at radius 2 is 2.00 bits per heavy atom. The number of rotatable bonds is 5. The molecule has 2 N–H and O–H groups in total. The zero-order valence-electron chi connectivity index (χ0n) is 8.53. The van der Waals surface area contributed by atoms with Gasteiger partial charge in [0.25, 0.3) is 0 Å². The second-order valence-corrected chi connectivity index (χ2v) is 4.85. The molecular formula is C11H17NOS. The highest BCUT2D eigenvalue weighted by Crippen LogP contribution is 2.13. The molecule has 14 heavy (non-hydrogen) atoms. The molecule has 1 atom stereocenters. The van der Waals surface area contributed by atoms with E-state index in [-0.39, 0.29) is 0 Å². The van der Waals surface area contributed by atoms with Crippen LogP contribution in [0.25, 0.3) is 0 Å². The first kappa shape index (κ1) is 11.4. The molecule has 1 unspecified atom stereocenters. The second kappa shape index (κ2) is 5.94. The fourth-order valence-electron chi connectivity index (χ4n) is 1.30. The van der Waals surface area contributed by atoms with Crippen LogP contribution in [0.15, 0.2) is 29.2 Å². The zero-order chi connectivity index (χ0) is 10.4. The Hall–Kier alpha value is -0.670. The van der Waals surface area contributed by atoms with Crippen molar-refractivity contribution < 1.29 is 4.21 Å². The van der Waals surface area contributed by atoms with Gasteiger partial charge < -0.3 is 5.73 Å². The van der Waals surface area contributed by atoms with Crippen molar-refractivity contribution in [2.75, 3.05) is 12.3 Å². The van der Waals surface area contributed by atoms with E-state index in [1.807, 2.05) is 31.2 Å². The number of aryl methyl sites for hydroxylation is 1. The lowest BCUT2D eigenvalue weighted by atomic mass is 10.2.